The molecule has 4 rings (SSSR count). The third-order valence-electron chi connectivity index (χ3n) is 6.08. The van der Waals surface area contributed by atoms with Gasteiger partial charge in [0.05, 0.1) is 11.7 Å². The summed E-state index contributed by atoms with van der Waals surface area (Å²) in [6.07, 6.45) is 6.73. The summed E-state index contributed by atoms with van der Waals surface area (Å²) in [5.74, 6) is 0.532. The molecule has 1 atom stereocenters. The van der Waals surface area contributed by atoms with Gasteiger partial charge in [-0.2, -0.15) is 0 Å². The van der Waals surface area contributed by atoms with Crippen molar-refractivity contribution >= 4 is 11.8 Å². The summed E-state index contributed by atoms with van der Waals surface area (Å²) in [7, 11) is 0. The van der Waals surface area contributed by atoms with Crippen molar-refractivity contribution in [3.63, 3.8) is 0 Å². The van der Waals surface area contributed by atoms with Crippen LogP contribution >= 0.6 is 0 Å². The molecule has 0 N–H and O–H groups in total. The van der Waals surface area contributed by atoms with Gasteiger partial charge in [0.2, 0.25) is 5.91 Å². The third-order valence-corrected chi connectivity index (χ3v) is 6.08. The summed E-state index contributed by atoms with van der Waals surface area (Å²) in [6, 6.07) is 3.43. The van der Waals surface area contributed by atoms with Crippen LogP contribution in [0.15, 0.2) is 22.8 Å². The van der Waals surface area contributed by atoms with E-state index in [1.54, 1.807) is 12.1 Å². The number of piperidine rings is 1. The summed E-state index contributed by atoms with van der Waals surface area (Å²) in [5, 5.41) is 0. The first-order valence-corrected chi connectivity index (χ1v) is 9.52. The molecular formula is C19H27N3O3. The van der Waals surface area contributed by atoms with E-state index < -0.39 is 0 Å². The van der Waals surface area contributed by atoms with E-state index in [0.29, 0.717) is 18.8 Å². The van der Waals surface area contributed by atoms with Gasteiger partial charge >= 0.3 is 0 Å². The van der Waals surface area contributed by atoms with Gasteiger partial charge in [-0.3, -0.25) is 9.59 Å². The average molecular weight is 345 g/mol. The average Bonchev–Trinajstić information content (AvgIpc) is 3.38. The normalized spacial score (nSPS) is 27.6. The summed E-state index contributed by atoms with van der Waals surface area (Å²) < 4.78 is 5.25. The lowest BCUT2D eigenvalue weighted by molar-refractivity contribution is -0.138. The maximum atomic E-state index is 13.1. The molecule has 1 unspecified atom stereocenters. The van der Waals surface area contributed by atoms with Gasteiger partial charge in [-0.25, -0.2) is 0 Å². The van der Waals surface area contributed by atoms with E-state index in [1.807, 2.05) is 9.80 Å². The van der Waals surface area contributed by atoms with Crippen LogP contribution in [0.1, 0.15) is 42.7 Å². The van der Waals surface area contributed by atoms with Crippen molar-refractivity contribution in [2.45, 2.75) is 32.1 Å². The second-order valence-electron chi connectivity index (χ2n) is 7.68. The lowest BCUT2D eigenvalue weighted by Crippen LogP contribution is -2.50. The maximum absolute atomic E-state index is 13.1. The second-order valence-corrected chi connectivity index (χ2v) is 7.68. The van der Waals surface area contributed by atoms with Crippen molar-refractivity contribution in [1.29, 1.82) is 0 Å². The van der Waals surface area contributed by atoms with Crippen LogP contribution in [0, 0.1) is 5.41 Å². The predicted octanol–water partition coefficient (Wildman–Crippen LogP) is 1.83. The molecule has 6 nitrogen and oxygen atoms in total. The predicted molar refractivity (Wildman–Crippen MR) is 93.1 cm³/mol. The van der Waals surface area contributed by atoms with Crippen LogP contribution < -0.4 is 0 Å². The third kappa shape index (κ3) is 3.19. The smallest absolute Gasteiger partial charge is 0.289 e. The molecule has 0 bridgehead atoms. The first-order valence-electron chi connectivity index (χ1n) is 9.52. The number of rotatable bonds is 4. The highest BCUT2D eigenvalue weighted by molar-refractivity contribution is 5.93. The minimum absolute atomic E-state index is 0.0904. The molecule has 1 spiro atoms. The fourth-order valence-corrected chi connectivity index (χ4v) is 4.61. The highest BCUT2D eigenvalue weighted by atomic mass is 16.3. The first kappa shape index (κ1) is 16.6. The number of hydrogen-bond acceptors (Lipinski definition) is 4. The quantitative estimate of drug-likeness (QED) is 0.835. The summed E-state index contributed by atoms with van der Waals surface area (Å²) in [6.45, 7) is 6.21. The molecule has 0 saturated carbocycles. The Kier molecular flexibility index (Phi) is 4.54. The molecule has 3 aliphatic heterocycles. The van der Waals surface area contributed by atoms with E-state index in [4.69, 9.17) is 4.42 Å². The van der Waals surface area contributed by atoms with Gasteiger partial charge in [-0.05, 0) is 57.3 Å². The highest BCUT2D eigenvalue weighted by Gasteiger charge is 2.49. The van der Waals surface area contributed by atoms with Crippen LogP contribution in [0.3, 0.4) is 0 Å². The molecule has 2 amide bonds. The Balaban J connectivity index is 1.39. The fourth-order valence-electron chi connectivity index (χ4n) is 4.61. The van der Waals surface area contributed by atoms with E-state index in [2.05, 4.69) is 4.90 Å². The molecule has 3 aliphatic rings. The number of nitrogens with zero attached hydrogens (tertiary/aromatic N) is 3. The monoisotopic (exact) mass is 345 g/mol. The van der Waals surface area contributed by atoms with E-state index in [1.165, 1.54) is 32.2 Å². The van der Waals surface area contributed by atoms with Crippen molar-refractivity contribution in [3.05, 3.63) is 24.2 Å². The van der Waals surface area contributed by atoms with Crippen LogP contribution in [-0.2, 0) is 4.79 Å². The maximum Gasteiger partial charge on any atom is 0.289 e. The van der Waals surface area contributed by atoms with Crippen LogP contribution in [0.5, 0.6) is 0 Å². The molecule has 136 valence electrons. The Morgan fingerprint density at radius 1 is 1.08 bits per heavy atom. The Labute approximate surface area is 148 Å². The van der Waals surface area contributed by atoms with Crippen molar-refractivity contribution in [3.8, 4) is 0 Å². The molecule has 3 saturated heterocycles. The van der Waals surface area contributed by atoms with Crippen LogP contribution in [0.2, 0.25) is 0 Å². The number of furan rings is 1. The van der Waals surface area contributed by atoms with Crippen molar-refractivity contribution in [1.82, 2.24) is 14.7 Å². The zero-order valence-corrected chi connectivity index (χ0v) is 14.8. The van der Waals surface area contributed by atoms with Crippen molar-refractivity contribution in [2.75, 3.05) is 45.8 Å². The number of likely N-dealkylation sites (tertiary alicyclic amines) is 3. The highest BCUT2D eigenvalue weighted by Crippen LogP contribution is 2.40. The van der Waals surface area contributed by atoms with Gasteiger partial charge in [0, 0.05) is 32.7 Å². The van der Waals surface area contributed by atoms with Gasteiger partial charge in [-0.1, -0.05) is 0 Å². The molecule has 1 aromatic heterocycles. The fraction of sp³-hybridized carbons (Fsp3) is 0.684. The molecule has 0 aliphatic carbocycles. The Hall–Kier alpha value is -1.82. The molecule has 25 heavy (non-hydrogen) atoms. The van der Waals surface area contributed by atoms with E-state index in [-0.39, 0.29) is 17.2 Å². The molecule has 0 aromatic carbocycles. The number of hydrogen-bond donors (Lipinski definition) is 0. The Bertz CT molecular complexity index is 624. The van der Waals surface area contributed by atoms with E-state index in [9.17, 15) is 9.59 Å². The summed E-state index contributed by atoms with van der Waals surface area (Å²) in [5.41, 5.74) is -0.370. The molecule has 1 aromatic rings. The first-order chi connectivity index (χ1) is 12.2. The lowest BCUT2D eigenvalue weighted by atomic mass is 9.78. The van der Waals surface area contributed by atoms with Crippen LogP contribution in [0.25, 0.3) is 0 Å². The van der Waals surface area contributed by atoms with Crippen LogP contribution in [0.4, 0.5) is 0 Å². The lowest BCUT2D eigenvalue weighted by Gasteiger charge is -2.38. The molecule has 3 fully saturated rings. The second kappa shape index (κ2) is 6.83. The van der Waals surface area contributed by atoms with Gasteiger partial charge in [0.25, 0.3) is 5.91 Å². The largest absolute Gasteiger partial charge is 0.459 e. The van der Waals surface area contributed by atoms with Gasteiger partial charge in [0.1, 0.15) is 0 Å². The van der Waals surface area contributed by atoms with Gasteiger partial charge < -0.3 is 19.1 Å². The topological polar surface area (TPSA) is 57.0 Å². The molecule has 0 radical (unpaired) electrons. The standard InChI is InChI=1S/C19H27N3O3/c23-17(16-5-3-14-25-16)22-10-4-6-19(15-22)7-11-21(18(19)24)13-12-20-8-1-2-9-20/h3,5,14H,1-2,4,6-13,15H2. The van der Waals surface area contributed by atoms with Crippen molar-refractivity contribution in [2.24, 2.45) is 5.41 Å². The molecular weight excluding hydrogens is 318 g/mol. The minimum atomic E-state index is -0.370. The number of amides is 2. The van der Waals surface area contributed by atoms with E-state index in [0.717, 1.165) is 38.9 Å². The number of carbonyl (C=O) groups is 2. The molecule has 6 heteroatoms. The Morgan fingerprint density at radius 3 is 2.68 bits per heavy atom. The van der Waals surface area contributed by atoms with E-state index >= 15 is 0 Å². The molecule has 4 heterocycles. The van der Waals surface area contributed by atoms with Crippen LogP contribution in [-0.4, -0.2) is 72.3 Å². The minimum Gasteiger partial charge on any atom is -0.459 e. The SMILES string of the molecule is O=C(c1ccco1)N1CCCC2(CCN(CCN3CCCC3)C2=O)C1. The number of carbonyl (C=O) groups excluding carboxylic acids is 2. The van der Waals surface area contributed by atoms with Crippen molar-refractivity contribution < 1.29 is 14.0 Å². The summed E-state index contributed by atoms with van der Waals surface area (Å²) >= 11 is 0. The zero-order valence-electron chi connectivity index (χ0n) is 14.8. The Morgan fingerprint density at radius 2 is 1.92 bits per heavy atom. The van der Waals surface area contributed by atoms with Gasteiger partial charge in [0.15, 0.2) is 5.76 Å². The van der Waals surface area contributed by atoms with Gasteiger partial charge in [-0.15, -0.1) is 0 Å². The zero-order chi connectivity index (χ0) is 17.3. The summed E-state index contributed by atoms with van der Waals surface area (Å²) in [4.78, 5) is 32.0.